The standard InChI is InChI=1S/C15H20N4O2/c1-3-20-12-4-6-13(7-5-12)21-9-8-17-15-10-14(16-2)18-11-19-15/h4-7,10-11H,3,8-9H2,1-2H3,(H2,16,17,18,19). The second-order valence-electron chi connectivity index (χ2n) is 4.22. The zero-order chi connectivity index (χ0) is 14.9. The maximum absolute atomic E-state index is 5.64. The number of aromatic nitrogens is 2. The summed E-state index contributed by atoms with van der Waals surface area (Å²) >= 11 is 0. The van der Waals surface area contributed by atoms with Crippen LogP contribution in [0.4, 0.5) is 11.6 Å². The molecule has 2 aromatic rings. The molecule has 2 rings (SSSR count). The fraction of sp³-hybridized carbons (Fsp3) is 0.333. The molecule has 0 unspecified atom stereocenters. The van der Waals surface area contributed by atoms with E-state index in [4.69, 9.17) is 9.47 Å². The van der Waals surface area contributed by atoms with E-state index in [-0.39, 0.29) is 0 Å². The monoisotopic (exact) mass is 288 g/mol. The van der Waals surface area contributed by atoms with Gasteiger partial charge in [-0.1, -0.05) is 0 Å². The number of benzene rings is 1. The molecule has 0 amide bonds. The average molecular weight is 288 g/mol. The molecule has 21 heavy (non-hydrogen) atoms. The van der Waals surface area contributed by atoms with Gasteiger partial charge in [-0.15, -0.1) is 0 Å². The van der Waals surface area contributed by atoms with Crippen LogP contribution in [0.3, 0.4) is 0 Å². The lowest BCUT2D eigenvalue weighted by molar-refractivity contribution is 0.326. The van der Waals surface area contributed by atoms with E-state index in [0.29, 0.717) is 19.8 Å². The predicted octanol–water partition coefficient (Wildman–Crippen LogP) is 2.41. The molecule has 1 aromatic heterocycles. The summed E-state index contributed by atoms with van der Waals surface area (Å²) in [5.74, 6) is 3.21. The topological polar surface area (TPSA) is 68.3 Å². The van der Waals surface area contributed by atoms with E-state index < -0.39 is 0 Å². The zero-order valence-electron chi connectivity index (χ0n) is 12.3. The minimum atomic E-state index is 0.548. The molecule has 0 bridgehead atoms. The summed E-state index contributed by atoms with van der Waals surface area (Å²) in [6.07, 6.45) is 1.52. The number of ether oxygens (including phenoxy) is 2. The summed E-state index contributed by atoms with van der Waals surface area (Å²) in [5.41, 5.74) is 0. The molecule has 6 nitrogen and oxygen atoms in total. The van der Waals surface area contributed by atoms with Crippen LogP contribution in [-0.4, -0.2) is 36.8 Å². The Morgan fingerprint density at radius 3 is 2.33 bits per heavy atom. The number of hydrogen-bond donors (Lipinski definition) is 2. The second kappa shape index (κ2) is 7.94. The first-order chi connectivity index (χ1) is 10.3. The Balaban J connectivity index is 1.73. The van der Waals surface area contributed by atoms with Crippen molar-refractivity contribution in [1.82, 2.24) is 9.97 Å². The van der Waals surface area contributed by atoms with E-state index in [1.54, 1.807) is 0 Å². The average Bonchev–Trinajstić information content (AvgIpc) is 2.53. The van der Waals surface area contributed by atoms with Crippen molar-refractivity contribution in [1.29, 1.82) is 0 Å². The van der Waals surface area contributed by atoms with E-state index in [1.165, 1.54) is 6.33 Å². The first kappa shape index (κ1) is 14.9. The highest BCUT2D eigenvalue weighted by Crippen LogP contribution is 2.17. The van der Waals surface area contributed by atoms with Crippen LogP contribution in [0.1, 0.15) is 6.92 Å². The van der Waals surface area contributed by atoms with Crippen molar-refractivity contribution >= 4 is 11.6 Å². The third-order valence-electron chi connectivity index (χ3n) is 2.73. The first-order valence-corrected chi connectivity index (χ1v) is 6.91. The summed E-state index contributed by atoms with van der Waals surface area (Å²) in [5, 5.41) is 6.15. The zero-order valence-corrected chi connectivity index (χ0v) is 12.3. The maximum Gasteiger partial charge on any atom is 0.131 e. The van der Waals surface area contributed by atoms with E-state index in [9.17, 15) is 0 Å². The number of rotatable bonds is 8. The Morgan fingerprint density at radius 2 is 1.67 bits per heavy atom. The summed E-state index contributed by atoms with van der Waals surface area (Å²) in [4.78, 5) is 8.18. The van der Waals surface area contributed by atoms with Crippen molar-refractivity contribution in [2.75, 3.05) is 37.4 Å². The lowest BCUT2D eigenvalue weighted by atomic mass is 10.3. The van der Waals surface area contributed by atoms with E-state index in [1.807, 2.05) is 44.3 Å². The lowest BCUT2D eigenvalue weighted by Gasteiger charge is -2.09. The quantitative estimate of drug-likeness (QED) is 0.727. The maximum atomic E-state index is 5.64. The summed E-state index contributed by atoms with van der Waals surface area (Å²) in [6, 6.07) is 9.44. The fourth-order valence-electron chi connectivity index (χ4n) is 1.74. The Hall–Kier alpha value is -2.50. The largest absolute Gasteiger partial charge is 0.494 e. The molecule has 1 heterocycles. The van der Waals surface area contributed by atoms with Crippen LogP contribution in [0.15, 0.2) is 36.7 Å². The van der Waals surface area contributed by atoms with Crippen LogP contribution < -0.4 is 20.1 Å². The molecular formula is C15H20N4O2. The third-order valence-corrected chi connectivity index (χ3v) is 2.73. The van der Waals surface area contributed by atoms with Gasteiger partial charge < -0.3 is 20.1 Å². The molecule has 0 aliphatic rings. The Kier molecular flexibility index (Phi) is 5.63. The molecule has 2 N–H and O–H groups in total. The number of nitrogens with one attached hydrogen (secondary N) is 2. The van der Waals surface area contributed by atoms with Gasteiger partial charge in [-0.2, -0.15) is 0 Å². The Morgan fingerprint density at radius 1 is 1.00 bits per heavy atom. The highest BCUT2D eigenvalue weighted by molar-refractivity contribution is 5.45. The number of anilines is 2. The van der Waals surface area contributed by atoms with Crippen molar-refractivity contribution in [3.63, 3.8) is 0 Å². The SMILES string of the molecule is CCOc1ccc(OCCNc2cc(NC)ncn2)cc1. The Labute approximate surface area is 124 Å². The predicted molar refractivity (Wildman–Crippen MR) is 83.2 cm³/mol. The van der Waals surface area contributed by atoms with Crippen molar-refractivity contribution in [2.45, 2.75) is 6.92 Å². The molecule has 0 fully saturated rings. The van der Waals surface area contributed by atoms with Gasteiger partial charge in [0.1, 0.15) is 36.1 Å². The molecule has 112 valence electrons. The van der Waals surface area contributed by atoms with Crippen molar-refractivity contribution in [2.24, 2.45) is 0 Å². The third kappa shape index (κ3) is 4.83. The van der Waals surface area contributed by atoms with Gasteiger partial charge in [0.25, 0.3) is 0 Å². The molecule has 0 aliphatic carbocycles. The van der Waals surface area contributed by atoms with Crippen LogP contribution >= 0.6 is 0 Å². The molecule has 1 aromatic carbocycles. The van der Waals surface area contributed by atoms with Crippen LogP contribution in [0.2, 0.25) is 0 Å². The lowest BCUT2D eigenvalue weighted by Crippen LogP contribution is -2.12. The van der Waals surface area contributed by atoms with Gasteiger partial charge in [0.05, 0.1) is 13.2 Å². The van der Waals surface area contributed by atoms with Crippen molar-refractivity contribution < 1.29 is 9.47 Å². The summed E-state index contributed by atoms with van der Waals surface area (Å²) in [6.45, 7) is 3.83. The van der Waals surface area contributed by atoms with Crippen LogP contribution in [0.25, 0.3) is 0 Å². The molecule has 0 aliphatic heterocycles. The van der Waals surface area contributed by atoms with Crippen LogP contribution in [0, 0.1) is 0 Å². The van der Waals surface area contributed by atoms with Crippen LogP contribution in [-0.2, 0) is 0 Å². The van der Waals surface area contributed by atoms with Crippen molar-refractivity contribution in [3.05, 3.63) is 36.7 Å². The molecule has 0 saturated carbocycles. The minimum Gasteiger partial charge on any atom is -0.494 e. The molecule has 0 radical (unpaired) electrons. The van der Waals surface area contributed by atoms with Gasteiger partial charge in [-0.25, -0.2) is 9.97 Å². The molecular weight excluding hydrogens is 268 g/mol. The highest BCUT2D eigenvalue weighted by atomic mass is 16.5. The summed E-state index contributed by atoms with van der Waals surface area (Å²) < 4.78 is 11.0. The van der Waals surface area contributed by atoms with Gasteiger partial charge in [0.2, 0.25) is 0 Å². The van der Waals surface area contributed by atoms with Gasteiger partial charge in [-0.3, -0.25) is 0 Å². The van der Waals surface area contributed by atoms with Crippen LogP contribution in [0.5, 0.6) is 11.5 Å². The molecule has 0 spiro atoms. The van der Waals surface area contributed by atoms with Crippen molar-refractivity contribution in [3.8, 4) is 11.5 Å². The van der Waals surface area contributed by atoms with Gasteiger partial charge in [0, 0.05) is 13.1 Å². The van der Waals surface area contributed by atoms with E-state index in [0.717, 1.165) is 23.1 Å². The fourth-order valence-corrected chi connectivity index (χ4v) is 1.74. The smallest absolute Gasteiger partial charge is 0.131 e. The normalized spacial score (nSPS) is 10.0. The van der Waals surface area contributed by atoms with E-state index in [2.05, 4.69) is 20.6 Å². The van der Waals surface area contributed by atoms with E-state index >= 15 is 0 Å². The first-order valence-electron chi connectivity index (χ1n) is 6.91. The van der Waals surface area contributed by atoms with Gasteiger partial charge in [0.15, 0.2) is 0 Å². The van der Waals surface area contributed by atoms with Gasteiger partial charge >= 0.3 is 0 Å². The summed E-state index contributed by atoms with van der Waals surface area (Å²) in [7, 11) is 1.82. The molecule has 6 heteroatoms. The second-order valence-corrected chi connectivity index (χ2v) is 4.22. The number of nitrogens with zero attached hydrogens (tertiary/aromatic N) is 2. The molecule has 0 atom stereocenters. The Bertz CT molecular complexity index is 546. The molecule has 0 saturated heterocycles. The van der Waals surface area contributed by atoms with Gasteiger partial charge in [-0.05, 0) is 31.2 Å². The minimum absolute atomic E-state index is 0.548. The highest BCUT2D eigenvalue weighted by Gasteiger charge is 1.98. The number of hydrogen-bond acceptors (Lipinski definition) is 6.